The highest BCUT2D eigenvalue weighted by Gasteiger charge is 2.56. The van der Waals surface area contributed by atoms with Crippen molar-refractivity contribution in [1.82, 2.24) is 25.5 Å². The second-order valence-corrected chi connectivity index (χ2v) is 8.30. The molecule has 2 heterocycles. The normalized spacial score (nSPS) is 21.1. The molecule has 2 fully saturated rings. The lowest BCUT2D eigenvalue weighted by Crippen LogP contribution is -2.70. The number of nitrogens with one attached hydrogen (secondary N) is 1. The van der Waals surface area contributed by atoms with E-state index in [4.69, 9.17) is 0 Å². The van der Waals surface area contributed by atoms with Crippen molar-refractivity contribution in [3.63, 3.8) is 0 Å². The van der Waals surface area contributed by atoms with E-state index in [1.807, 2.05) is 66.7 Å². The van der Waals surface area contributed by atoms with Crippen LogP contribution in [0.25, 0.3) is 11.8 Å². The van der Waals surface area contributed by atoms with E-state index in [0.29, 0.717) is 5.69 Å². The summed E-state index contributed by atoms with van der Waals surface area (Å²) >= 11 is 0. The van der Waals surface area contributed by atoms with Gasteiger partial charge < -0.3 is 5.32 Å². The quantitative estimate of drug-likeness (QED) is 0.610. The van der Waals surface area contributed by atoms with E-state index in [9.17, 15) is 9.59 Å². The van der Waals surface area contributed by atoms with Gasteiger partial charge in [-0.05, 0) is 59.2 Å². The third-order valence-corrected chi connectivity index (χ3v) is 6.23. The molecule has 1 N–H and O–H groups in total. The zero-order valence-electron chi connectivity index (χ0n) is 17.6. The summed E-state index contributed by atoms with van der Waals surface area (Å²) in [7, 11) is 0. The lowest BCUT2D eigenvalue weighted by Gasteiger charge is -2.49. The molecule has 2 aliphatic rings. The third kappa shape index (κ3) is 3.68. The fourth-order valence-corrected chi connectivity index (χ4v) is 4.50. The SMILES string of the molecule is O=C1CC(C=Cc2ccccc2)(C(=O)NC2CCCC2)N1c1ccc(-n2cnnn2)cc1. The van der Waals surface area contributed by atoms with Crippen LogP contribution in [-0.4, -0.2) is 43.6 Å². The van der Waals surface area contributed by atoms with Gasteiger partial charge in [-0.3, -0.25) is 14.5 Å². The van der Waals surface area contributed by atoms with Gasteiger partial charge in [0.1, 0.15) is 6.33 Å². The summed E-state index contributed by atoms with van der Waals surface area (Å²) in [4.78, 5) is 27.9. The van der Waals surface area contributed by atoms with Crippen LogP contribution in [0.3, 0.4) is 0 Å². The molecular weight excluding hydrogens is 404 g/mol. The average molecular weight is 428 g/mol. The Labute approximate surface area is 185 Å². The number of anilines is 1. The van der Waals surface area contributed by atoms with Gasteiger partial charge in [0.2, 0.25) is 5.91 Å². The van der Waals surface area contributed by atoms with Crippen LogP contribution in [0.4, 0.5) is 5.69 Å². The summed E-state index contributed by atoms with van der Waals surface area (Å²) in [5, 5.41) is 14.4. The van der Waals surface area contributed by atoms with Crippen molar-refractivity contribution in [3.05, 3.63) is 72.6 Å². The van der Waals surface area contributed by atoms with Crippen molar-refractivity contribution in [3.8, 4) is 5.69 Å². The van der Waals surface area contributed by atoms with Crippen molar-refractivity contribution in [2.24, 2.45) is 0 Å². The highest BCUT2D eigenvalue weighted by atomic mass is 16.2. The predicted octanol–water partition coefficient (Wildman–Crippen LogP) is 2.91. The minimum absolute atomic E-state index is 0.0838. The first kappa shape index (κ1) is 20.1. The Morgan fingerprint density at radius 2 is 1.75 bits per heavy atom. The summed E-state index contributed by atoms with van der Waals surface area (Å²) in [6.45, 7) is 0. The van der Waals surface area contributed by atoms with E-state index >= 15 is 0 Å². The van der Waals surface area contributed by atoms with Crippen LogP contribution in [0, 0.1) is 0 Å². The van der Waals surface area contributed by atoms with Gasteiger partial charge in [0.05, 0.1) is 12.1 Å². The van der Waals surface area contributed by atoms with Crippen molar-refractivity contribution < 1.29 is 9.59 Å². The number of hydrogen-bond donors (Lipinski definition) is 1. The first-order chi connectivity index (χ1) is 15.7. The van der Waals surface area contributed by atoms with Gasteiger partial charge in [-0.15, -0.1) is 5.10 Å². The summed E-state index contributed by atoms with van der Waals surface area (Å²) in [5.74, 6) is -0.208. The first-order valence-electron chi connectivity index (χ1n) is 10.9. The molecule has 1 saturated heterocycles. The van der Waals surface area contributed by atoms with E-state index in [0.717, 1.165) is 36.9 Å². The van der Waals surface area contributed by atoms with Crippen LogP contribution in [-0.2, 0) is 9.59 Å². The van der Waals surface area contributed by atoms with Crippen LogP contribution < -0.4 is 10.2 Å². The second-order valence-electron chi connectivity index (χ2n) is 8.30. The third-order valence-electron chi connectivity index (χ3n) is 6.23. The molecule has 162 valence electrons. The van der Waals surface area contributed by atoms with Crippen LogP contribution in [0.2, 0.25) is 0 Å². The van der Waals surface area contributed by atoms with E-state index in [1.165, 1.54) is 11.0 Å². The smallest absolute Gasteiger partial charge is 0.251 e. The number of carbonyl (C=O) groups is 2. The minimum Gasteiger partial charge on any atom is -0.351 e. The molecule has 1 aliphatic carbocycles. The zero-order valence-corrected chi connectivity index (χ0v) is 17.6. The Kier molecular flexibility index (Phi) is 5.26. The lowest BCUT2D eigenvalue weighted by molar-refractivity contribution is -0.137. The van der Waals surface area contributed by atoms with Crippen LogP contribution >= 0.6 is 0 Å². The molecule has 0 bridgehead atoms. The molecule has 0 radical (unpaired) electrons. The van der Waals surface area contributed by atoms with E-state index in [-0.39, 0.29) is 24.3 Å². The summed E-state index contributed by atoms with van der Waals surface area (Å²) < 4.78 is 1.54. The van der Waals surface area contributed by atoms with Crippen molar-refractivity contribution in [1.29, 1.82) is 0 Å². The number of nitrogens with zero attached hydrogens (tertiary/aromatic N) is 5. The van der Waals surface area contributed by atoms with Crippen molar-refractivity contribution in [2.45, 2.75) is 43.7 Å². The molecule has 2 aromatic carbocycles. The fourth-order valence-electron chi connectivity index (χ4n) is 4.50. The average Bonchev–Trinajstić information content (AvgIpc) is 3.52. The van der Waals surface area contributed by atoms with Crippen LogP contribution in [0.1, 0.15) is 37.7 Å². The molecule has 8 nitrogen and oxygen atoms in total. The number of carbonyl (C=O) groups excluding carboxylic acids is 2. The maximum atomic E-state index is 13.5. The fraction of sp³-hybridized carbons (Fsp3) is 0.292. The predicted molar refractivity (Wildman–Crippen MR) is 120 cm³/mol. The molecule has 1 aromatic heterocycles. The molecule has 1 saturated carbocycles. The van der Waals surface area contributed by atoms with Crippen LogP contribution in [0.15, 0.2) is 67.0 Å². The molecule has 0 spiro atoms. The molecule has 2 amide bonds. The number of tetrazole rings is 1. The second kappa shape index (κ2) is 8.37. The van der Waals surface area contributed by atoms with Gasteiger partial charge >= 0.3 is 0 Å². The van der Waals surface area contributed by atoms with E-state index < -0.39 is 5.54 Å². The van der Waals surface area contributed by atoms with Gasteiger partial charge in [0, 0.05) is 11.7 Å². The molecule has 1 unspecified atom stereocenters. The van der Waals surface area contributed by atoms with Crippen LogP contribution in [0.5, 0.6) is 0 Å². The first-order valence-corrected chi connectivity index (χ1v) is 10.9. The molecule has 5 rings (SSSR count). The monoisotopic (exact) mass is 428 g/mol. The largest absolute Gasteiger partial charge is 0.351 e. The van der Waals surface area contributed by atoms with E-state index in [2.05, 4.69) is 20.8 Å². The van der Waals surface area contributed by atoms with Gasteiger partial charge in [-0.1, -0.05) is 49.2 Å². The van der Waals surface area contributed by atoms with E-state index in [1.54, 1.807) is 4.90 Å². The lowest BCUT2D eigenvalue weighted by atomic mass is 9.80. The maximum Gasteiger partial charge on any atom is 0.251 e. The van der Waals surface area contributed by atoms with Gasteiger partial charge in [-0.25, -0.2) is 4.68 Å². The zero-order chi connectivity index (χ0) is 22.0. The number of aromatic nitrogens is 4. The molecule has 3 aromatic rings. The van der Waals surface area contributed by atoms with Gasteiger partial charge in [-0.2, -0.15) is 0 Å². The highest BCUT2D eigenvalue weighted by molar-refractivity contribution is 6.15. The molecule has 32 heavy (non-hydrogen) atoms. The Morgan fingerprint density at radius 1 is 1.03 bits per heavy atom. The Hall–Kier alpha value is -3.81. The molecule has 1 aliphatic heterocycles. The Bertz CT molecular complexity index is 1120. The summed E-state index contributed by atoms with van der Waals surface area (Å²) in [6, 6.07) is 17.3. The van der Waals surface area contributed by atoms with Gasteiger partial charge in [0.15, 0.2) is 5.54 Å². The number of amides is 2. The summed E-state index contributed by atoms with van der Waals surface area (Å²) in [6.07, 6.45) is 9.65. The van der Waals surface area contributed by atoms with Crippen molar-refractivity contribution >= 4 is 23.6 Å². The number of β-lactam (4-membered cyclic amide) rings is 1. The summed E-state index contributed by atoms with van der Waals surface area (Å²) in [5.41, 5.74) is 1.37. The Balaban J connectivity index is 1.47. The number of benzene rings is 2. The minimum atomic E-state index is -1.05. The maximum absolute atomic E-state index is 13.5. The van der Waals surface area contributed by atoms with Gasteiger partial charge in [0.25, 0.3) is 5.91 Å². The molecule has 8 heteroatoms. The standard InChI is InChI=1S/C24H24N6O2/c31-22-16-24(15-14-18-6-2-1-3-7-18,23(32)26-19-8-4-5-9-19)30(22)21-12-10-20(11-13-21)29-17-25-27-28-29/h1-3,6-7,10-15,17,19H,4-5,8-9,16H2,(H,26,32). The Morgan fingerprint density at radius 3 is 2.41 bits per heavy atom. The molecular formula is C24H24N6O2. The molecule has 1 atom stereocenters. The highest BCUT2D eigenvalue weighted by Crippen LogP contribution is 2.40. The van der Waals surface area contributed by atoms with Crippen molar-refractivity contribution in [2.75, 3.05) is 4.90 Å². The topological polar surface area (TPSA) is 93.0 Å². The number of rotatable bonds is 6. The number of hydrogen-bond acceptors (Lipinski definition) is 5.